The first kappa shape index (κ1) is 23.8. The van der Waals surface area contributed by atoms with Gasteiger partial charge in [-0.15, -0.1) is 24.0 Å². The van der Waals surface area contributed by atoms with E-state index < -0.39 is 0 Å². The van der Waals surface area contributed by atoms with Gasteiger partial charge < -0.3 is 24.8 Å². The maximum Gasteiger partial charge on any atom is 0.203 e. The van der Waals surface area contributed by atoms with Crippen molar-refractivity contribution in [2.45, 2.75) is 20.0 Å². The molecule has 0 heterocycles. The van der Waals surface area contributed by atoms with Gasteiger partial charge in [-0.05, 0) is 25.1 Å². The summed E-state index contributed by atoms with van der Waals surface area (Å²) < 4.78 is 30.0. The van der Waals surface area contributed by atoms with Crippen molar-refractivity contribution in [1.29, 1.82) is 0 Å². The van der Waals surface area contributed by atoms with Crippen molar-refractivity contribution >= 4 is 29.9 Å². The molecule has 8 heteroatoms. The van der Waals surface area contributed by atoms with E-state index in [1.165, 1.54) is 6.07 Å². The van der Waals surface area contributed by atoms with Crippen LogP contribution in [0.3, 0.4) is 0 Å². The zero-order valence-corrected chi connectivity index (χ0v) is 18.9. The normalized spacial score (nSPS) is 10.7. The number of ether oxygens (including phenoxy) is 3. The molecule has 0 aliphatic carbocycles. The second kappa shape index (κ2) is 12.3. The number of methoxy groups -OCH3 is 3. The molecule has 6 nitrogen and oxygen atoms in total. The van der Waals surface area contributed by atoms with Crippen LogP contribution in [0.4, 0.5) is 4.39 Å². The predicted octanol–water partition coefficient (Wildman–Crippen LogP) is 3.72. The lowest BCUT2D eigenvalue weighted by Gasteiger charge is -2.16. The molecule has 0 amide bonds. The summed E-state index contributed by atoms with van der Waals surface area (Å²) in [5.74, 6) is 2.02. The minimum absolute atomic E-state index is 0. The molecule has 2 aromatic rings. The number of guanidine groups is 1. The van der Waals surface area contributed by atoms with Gasteiger partial charge in [0.1, 0.15) is 5.82 Å². The van der Waals surface area contributed by atoms with Crippen LogP contribution in [0.1, 0.15) is 18.1 Å². The summed E-state index contributed by atoms with van der Waals surface area (Å²) in [4.78, 5) is 4.56. The number of nitrogens with one attached hydrogen (secondary N) is 2. The van der Waals surface area contributed by atoms with E-state index in [2.05, 4.69) is 15.6 Å². The first-order valence-corrected chi connectivity index (χ1v) is 8.68. The number of hydrogen-bond donors (Lipinski definition) is 2. The van der Waals surface area contributed by atoms with E-state index in [0.29, 0.717) is 48.4 Å². The minimum Gasteiger partial charge on any atom is -0.493 e. The largest absolute Gasteiger partial charge is 0.493 e. The van der Waals surface area contributed by atoms with Gasteiger partial charge in [0.25, 0.3) is 0 Å². The van der Waals surface area contributed by atoms with Crippen molar-refractivity contribution in [3.63, 3.8) is 0 Å². The Morgan fingerprint density at radius 1 is 0.929 bits per heavy atom. The Kier molecular flexibility index (Phi) is 10.4. The maximum absolute atomic E-state index is 13.8. The lowest BCUT2D eigenvalue weighted by Crippen LogP contribution is -2.37. The SMILES string of the molecule is CCNC(=NCc1ccc(OC)c(OC)c1OC)NCc1ccccc1F.I. The van der Waals surface area contributed by atoms with Gasteiger partial charge in [0.15, 0.2) is 17.5 Å². The van der Waals surface area contributed by atoms with Crippen LogP contribution in [0.5, 0.6) is 17.2 Å². The molecule has 0 saturated heterocycles. The Balaban J connectivity index is 0.00000392. The van der Waals surface area contributed by atoms with Crippen molar-refractivity contribution in [2.75, 3.05) is 27.9 Å². The molecular weight excluding hydrogens is 476 g/mol. The molecule has 2 rings (SSSR count). The average Bonchev–Trinajstić information content (AvgIpc) is 2.70. The van der Waals surface area contributed by atoms with E-state index in [4.69, 9.17) is 14.2 Å². The molecule has 154 valence electrons. The zero-order chi connectivity index (χ0) is 19.6. The van der Waals surface area contributed by atoms with Crippen LogP contribution >= 0.6 is 24.0 Å². The van der Waals surface area contributed by atoms with Gasteiger partial charge in [0, 0.05) is 24.2 Å². The van der Waals surface area contributed by atoms with Gasteiger partial charge in [-0.2, -0.15) is 0 Å². The zero-order valence-electron chi connectivity index (χ0n) is 16.5. The summed E-state index contributed by atoms with van der Waals surface area (Å²) in [5, 5.41) is 6.29. The van der Waals surface area contributed by atoms with Gasteiger partial charge in [0.2, 0.25) is 5.75 Å². The Bertz CT molecular complexity index is 787. The molecule has 0 radical (unpaired) electrons. The monoisotopic (exact) mass is 503 g/mol. The van der Waals surface area contributed by atoms with Gasteiger partial charge in [-0.25, -0.2) is 9.38 Å². The van der Waals surface area contributed by atoms with Crippen LogP contribution in [0, 0.1) is 5.82 Å². The molecule has 0 aliphatic rings. The Morgan fingerprint density at radius 3 is 2.25 bits per heavy atom. The summed E-state index contributed by atoms with van der Waals surface area (Å²) in [6.07, 6.45) is 0. The number of aliphatic imine (C=N–C) groups is 1. The second-order valence-electron chi connectivity index (χ2n) is 5.63. The number of hydrogen-bond acceptors (Lipinski definition) is 4. The lowest BCUT2D eigenvalue weighted by atomic mass is 10.1. The molecular formula is C20H27FIN3O3. The van der Waals surface area contributed by atoms with Crippen LogP contribution in [0.15, 0.2) is 41.4 Å². The van der Waals surface area contributed by atoms with Crippen LogP contribution in [-0.4, -0.2) is 33.8 Å². The average molecular weight is 503 g/mol. The quantitative estimate of drug-likeness (QED) is 0.327. The molecule has 0 bridgehead atoms. The van der Waals surface area contributed by atoms with Crippen LogP contribution in [0.25, 0.3) is 0 Å². The smallest absolute Gasteiger partial charge is 0.203 e. The first-order valence-electron chi connectivity index (χ1n) is 8.68. The predicted molar refractivity (Wildman–Crippen MR) is 120 cm³/mol. The van der Waals surface area contributed by atoms with Crippen molar-refractivity contribution < 1.29 is 18.6 Å². The van der Waals surface area contributed by atoms with E-state index in [0.717, 1.165) is 5.56 Å². The Morgan fingerprint density at radius 2 is 1.64 bits per heavy atom. The molecule has 0 aromatic heterocycles. The van der Waals surface area contributed by atoms with Crippen LogP contribution < -0.4 is 24.8 Å². The lowest BCUT2D eigenvalue weighted by molar-refractivity contribution is 0.322. The maximum atomic E-state index is 13.8. The third-order valence-electron chi connectivity index (χ3n) is 3.94. The van der Waals surface area contributed by atoms with Crippen LogP contribution in [-0.2, 0) is 13.1 Å². The van der Waals surface area contributed by atoms with Crippen molar-refractivity contribution in [2.24, 2.45) is 4.99 Å². The van der Waals surface area contributed by atoms with E-state index in [1.54, 1.807) is 39.5 Å². The Hall–Kier alpha value is -2.23. The van der Waals surface area contributed by atoms with Crippen molar-refractivity contribution in [3.8, 4) is 17.2 Å². The highest BCUT2D eigenvalue weighted by Crippen LogP contribution is 2.39. The number of rotatable bonds is 8. The minimum atomic E-state index is -0.248. The van der Waals surface area contributed by atoms with Gasteiger partial charge in [-0.1, -0.05) is 18.2 Å². The fourth-order valence-corrected chi connectivity index (χ4v) is 2.61. The fourth-order valence-electron chi connectivity index (χ4n) is 2.61. The Labute approximate surface area is 182 Å². The van der Waals surface area contributed by atoms with Gasteiger partial charge in [-0.3, -0.25) is 0 Å². The molecule has 0 unspecified atom stereocenters. The van der Waals surface area contributed by atoms with Crippen LogP contribution in [0.2, 0.25) is 0 Å². The highest BCUT2D eigenvalue weighted by atomic mass is 127. The molecule has 0 aliphatic heterocycles. The van der Waals surface area contributed by atoms with E-state index in [1.807, 2.05) is 19.1 Å². The van der Waals surface area contributed by atoms with Gasteiger partial charge in [0.05, 0.1) is 27.9 Å². The summed E-state index contributed by atoms with van der Waals surface area (Å²) in [6, 6.07) is 10.3. The van der Waals surface area contributed by atoms with E-state index in [9.17, 15) is 4.39 Å². The summed E-state index contributed by atoms with van der Waals surface area (Å²) in [5.41, 5.74) is 1.42. The standard InChI is InChI=1S/C20H26FN3O3.HI/c1-5-22-20(23-12-14-8-6-7-9-16(14)21)24-13-15-10-11-17(25-2)19(27-4)18(15)26-3;/h6-11H,5,12-13H2,1-4H3,(H2,22,23,24);1H. The van der Waals surface area contributed by atoms with Gasteiger partial charge >= 0.3 is 0 Å². The van der Waals surface area contributed by atoms with Crippen molar-refractivity contribution in [3.05, 3.63) is 53.3 Å². The first-order chi connectivity index (χ1) is 13.1. The second-order valence-corrected chi connectivity index (χ2v) is 5.63. The summed E-state index contributed by atoms with van der Waals surface area (Å²) in [7, 11) is 4.71. The number of nitrogens with zero attached hydrogens (tertiary/aromatic N) is 1. The topological polar surface area (TPSA) is 64.1 Å². The summed E-state index contributed by atoms with van der Waals surface area (Å²) >= 11 is 0. The molecule has 0 atom stereocenters. The fraction of sp³-hybridized carbons (Fsp3) is 0.350. The third-order valence-corrected chi connectivity index (χ3v) is 3.94. The van der Waals surface area contributed by atoms with Crippen molar-refractivity contribution in [1.82, 2.24) is 10.6 Å². The van der Waals surface area contributed by atoms with E-state index in [-0.39, 0.29) is 29.8 Å². The molecule has 0 saturated carbocycles. The highest BCUT2D eigenvalue weighted by molar-refractivity contribution is 14.0. The third kappa shape index (κ3) is 6.15. The molecule has 2 aromatic carbocycles. The summed E-state index contributed by atoms with van der Waals surface area (Å²) in [6.45, 7) is 3.35. The number of halogens is 2. The molecule has 2 N–H and O–H groups in total. The molecule has 0 fully saturated rings. The number of benzene rings is 2. The van der Waals surface area contributed by atoms with E-state index >= 15 is 0 Å². The molecule has 28 heavy (non-hydrogen) atoms. The highest BCUT2D eigenvalue weighted by Gasteiger charge is 2.15. The molecule has 0 spiro atoms.